The molecule has 0 unspecified atom stereocenters. The number of hydrogen-bond acceptors (Lipinski definition) is 2. The summed E-state index contributed by atoms with van der Waals surface area (Å²) in [4.78, 5) is 12.3. The van der Waals surface area contributed by atoms with Gasteiger partial charge in [-0.1, -0.05) is 0 Å². The van der Waals surface area contributed by atoms with Gasteiger partial charge in [0.15, 0.2) is 6.73 Å². The van der Waals surface area contributed by atoms with Crippen LogP contribution in [0.1, 0.15) is 45.4 Å². The summed E-state index contributed by atoms with van der Waals surface area (Å²) in [5.74, 6) is 2.67. The summed E-state index contributed by atoms with van der Waals surface area (Å²) in [6.45, 7) is 4.01. The minimum absolute atomic E-state index is 0.0532. The van der Waals surface area contributed by atoms with Gasteiger partial charge in [0.1, 0.15) is 0 Å². The van der Waals surface area contributed by atoms with Crippen molar-refractivity contribution in [3.05, 3.63) is 6.73 Å². The molecule has 0 aromatic heterocycles. The van der Waals surface area contributed by atoms with Gasteiger partial charge in [-0.15, -0.1) is 0 Å². The molecule has 0 aromatic rings. The molecule has 1 radical (unpaired) electrons. The summed E-state index contributed by atoms with van der Waals surface area (Å²) >= 11 is 0. The summed E-state index contributed by atoms with van der Waals surface area (Å²) in [6.07, 6.45) is 7.48. The van der Waals surface area contributed by atoms with Crippen molar-refractivity contribution in [1.82, 2.24) is 5.32 Å². The quantitative estimate of drug-likeness (QED) is 0.761. The molecule has 0 saturated heterocycles. The van der Waals surface area contributed by atoms with Crippen molar-refractivity contribution in [2.45, 2.75) is 45.4 Å². The molecule has 4 fully saturated rings. The SMILES string of the molecule is CCO[CH]NC(=O)C12CC3CC(CC(C3)C1)C2. The Morgan fingerprint density at radius 1 is 1.24 bits per heavy atom. The van der Waals surface area contributed by atoms with Crippen LogP contribution in [-0.4, -0.2) is 12.5 Å². The van der Waals surface area contributed by atoms with Crippen molar-refractivity contribution >= 4 is 5.91 Å². The van der Waals surface area contributed by atoms with Crippen molar-refractivity contribution < 1.29 is 9.53 Å². The number of carbonyl (C=O) groups is 1. The Morgan fingerprint density at radius 2 is 1.76 bits per heavy atom. The second kappa shape index (κ2) is 4.27. The van der Waals surface area contributed by atoms with Crippen LogP contribution in [0.5, 0.6) is 0 Å². The molecule has 1 amide bonds. The van der Waals surface area contributed by atoms with Crippen LogP contribution in [0, 0.1) is 29.9 Å². The Labute approximate surface area is 103 Å². The average Bonchev–Trinajstić information content (AvgIpc) is 2.27. The minimum Gasteiger partial charge on any atom is -0.354 e. The highest BCUT2D eigenvalue weighted by Gasteiger charge is 2.54. The molecule has 0 heterocycles. The second-order valence-corrected chi connectivity index (χ2v) is 6.24. The number of nitrogens with one attached hydrogen (secondary N) is 1. The van der Waals surface area contributed by atoms with E-state index in [1.807, 2.05) is 6.92 Å². The van der Waals surface area contributed by atoms with Crippen LogP contribution in [0.15, 0.2) is 0 Å². The number of hydrogen-bond donors (Lipinski definition) is 1. The highest BCUT2D eigenvalue weighted by Crippen LogP contribution is 2.60. The molecule has 1 N–H and O–H groups in total. The number of ether oxygens (including phenoxy) is 1. The molecule has 4 aliphatic rings. The molecular weight excluding hydrogens is 214 g/mol. The topological polar surface area (TPSA) is 38.3 Å². The molecule has 95 valence electrons. The van der Waals surface area contributed by atoms with Crippen molar-refractivity contribution in [2.24, 2.45) is 23.2 Å². The van der Waals surface area contributed by atoms with Gasteiger partial charge in [-0.05, 0) is 63.2 Å². The first-order chi connectivity index (χ1) is 8.22. The maximum atomic E-state index is 12.3. The van der Waals surface area contributed by atoms with Gasteiger partial charge in [-0.3, -0.25) is 4.79 Å². The summed E-state index contributed by atoms with van der Waals surface area (Å²) in [5, 5.41) is 2.85. The van der Waals surface area contributed by atoms with E-state index in [9.17, 15) is 4.79 Å². The lowest BCUT2D eigenvalue weighted by molar-refractivity contribution is -0.146. The number of rotatable bonds is 4. The molecule has 4 saturated carbocycles. The van der Waals surface area contributed by atoms with E-state index in [-0.39, 0.29) is 11.3 Å². The van der Waals surface area contributed by atoms with E-state index in [4.69, 9.17) is 4.74 Å². The van der Waals surface area contributed by atoms with E-state index in [2.05, 4.69) is 5.32 Å². The third kappa shape index (κ3) is 1.99. The third-order valence-corrected chi connectivity index (χ3v) is 4.96. The Hall–Kier alpha value is -0.570. The van der Waals surface area contributed by atoms with Gasteiger partial charge in [-0.25, -0.2) is 0 Å². The zero-order chi connectivity index (χ0) is 11.9. The average molecular weight is 236 g/mol. The molecule has 4 bridgehead atoms. The summed E-state index contributed by atoms with van der Waals surface area (Å²) in [5.41, 5.74) is -0.0532. The van der Waals surface area contributed by atoms with Crippen LogP contribution in [0.3, 0.4) is 0 Å². The smallest absolute Gasteiger partial charge is 0.228 e. The monoisotopic (exact) mass is 236 g/mol. The highest BCUT2D eigenvalue weighted by atomic mass is 16.5. The molecule has 17 heavy (non-hydrogen) atoms. The number of amides is 1. The Balaban J connectivity index is 1.67. The van der Waals surface area contributed by atoms with E-state index < -0.39 is 0 Å². The molecule has 3 nitrogen and oxygen atoms in total. The molecule has 3 heteroatoms. The van der Waals surface area contributed by atoms with E-state index in [0.29, 0.717) is 6.61 Å². The standard InChI is InChI=1S/C14H22NO2/c1-2-17-9-15-13(16)14-6-10-3-11(7-14)5-12(4-10)8-14/h9-12H,2-8H2,1H3,(H,15,16). The summed E-state index contributed by atoms with van der Waals surface area (Å²) < 4.78 is 5.11. The van der Waals surface area contributed by atoms with Crippen LogP contribution in [0.2, 0.25) is 0 Å². The van der Waals surface area contributed by atoms with Crippen LogP contribution < -0.4 is 5.32 Å². The lowest BCUT2D eigenvalue weighted by Crippen LogP contribution is -2.53. The lowest BCUT2D eigenvalue weighted by atomic mass is 9.49. The Morgan fingerprint density at radius 3 is 2.24 bits per heavy atom. The van der Waals surface area contributed by atoms with Gasteiger partial charge in [0.2, 0.25) is 5.91 Å². The van der Waals surface area contributed by atoms with Crippen molar-refractivity contribution in [2.75, 3.05) is 6.61 Å². The first-order valence-electron chi connectivity index (χ1n) is 6.96. The van der Waals surface area contributed by atoms with Gasteiger partial charge >= 0.3 is 0 Å². The van der Waals surface area contributed by atoms with Crippen LogP contribution in [-0.2, 0) is 9.53 Å². The molecule has 4 aliphatic carbocycles. The van der Waals surface area contributed by atoms with E-state index in [1.165, 1.54) is 26.0 Å². The van der Waals surface area contributed by atoms with Crippen LogP contribution in [0.4, 0.5) is 0 Å². The van der Waals surface area contributed by atoms with Crippen molar-refractivity contribution in [3.63, 3.8) is 0 Å². The normalized spacial score (nSPS) is 42.8. The zero-order valence-corrected chi connectivity index (χ0v) is 10.6. The number of carbonyl (C=O) groups excluding carboxylic acids is 1. The van der Waals surface area contributed by atoms with Gasteiger partial charge in [-0.2, -0.15) is 0 Å². The Bertz CT molecular complexity index is 278. The molecule has 0 spiro atoms. The summed E-state index contributed by atoms with van der Waals surface area (Å²) in [7, 11) is 0. The molecule has 0 atom stereocenters. The fourth-order valence-corrected chi connectivity index (χ4v) is 4.72. The molecular formula is C14H22NO2. The van der Waals surface area contributed by atoms with Gasteiger partial charge < -0.3 is 10.1 Å². The van der Waals surface area contributed by atoms with E-state index in [0.717, 1.165) is 37.0 Å². The maximum absolute atomic E-state index is 12.3. The van der Waals surface area contributed by atoms with Gasteiger partial charge in [0.25, 0.3) is 0 Å². The first kappa shape index (κ1) is 11.5. The summed E-state index contributed by atoms with van der Waals surface area (Å²) in [6, 6.07) is 0. The van der Waals surface area contributed by atoms with Crippen LogP contribution in [0.25, 0.3) is 0 Å². The van der Waals surface area contributed by atoms with E-state index in [1.54, 1.807) is 0 Å². The van der Waals surface area contributed by atoms with Crippen LogP contribution >= 0.6 is 0 Å². The van der Waals surface area contributed by atoms with Gasteiger partial charge in [0.05, 0.1) is 5.41 Å². The largest absolute Gasteiger partial charge is 0.354 e. The predicted octanol–water partition coefficient (Wildman–Crippen LogP) is 2.47. The molecule has 0 aromatic carbocycles. The Kier molecular flexibility index (Phi) is 2.89. The third-order valence-electron chi connectivity index (χ3n) is 4.96. The zero-order valence-electron chi connectivity index (χ0n) is 10.6. The minimum atomic E-state index is -0.0532. The molecule has 4 rings (SSSR count). The fraction of sp³-hybridized carbons (Fsp3) is 0.857. The predicted molar refractivity (Wildman–Crippen MR) is 64.7 cm³/mol. The van der Waals surface area contributed by atoms with Crippen molar-refractivity contribution in [1.29, 1.82) is 0 Å². The van der Waals surface area contributed by atoms with Gasteiger partial charge in [0, 0.05) is 6.61 Å². The van der Waals surface area contributed by atoms with Crippen molar-refractivity contribution in [3.8, 4) is 0 Å². The fourth-order valence-electron chi connectivity index (χ4n) is 4.72. The first-order valence-corrected chi connectivity index (χ1v) is 6.96. The lowest BCUT2D eigenvalue weighted by Gasteiger charge is -2.55. The molecule has 0 aliphatic heterocycles. The highest BCUT2D eigenvalue weighted by molar-refractivity contribution is 5.83. The van der Waals surface area contributed by atoms with E-state index >= 15 is 0 Å². The maximum Gasteiger partial charge on any atom is 0.228 e. The second-order valence-electron chi connectivity index (χ2n) is 6.24.